The third-order valence-corrected chi connectivity index (χ3v) is 7.22. The van der Waals surface area contributed by atoms with Crippen molar-refractivity contribution in [2.24, 2.45) is 5.92 Å². The van der Waals surface area contributed by atoms with Gasteiger partial charge in [-0.3, -0.25) is 14.4 Å². The van der Waals surface area contributed by atoms with E-state index in [2.05, 4.69) is 5.32 Å². The van der Waals surface area contributed by atoms with Gasteiger partial charge in [-0.15, -0.1) is 11.3 Å². The highest BCUT2D eigenvalue weighted by Crippen LogP contribution is 2.27. The number of benzene rings is 1. The number of hydrogen-bond acceptors (Lipinski definition) is 5. The van der Waals surface area contributed by atoms with Crippen molar-refractivity contribution >= 4 is 29.1 Å². The monoisotopic (exact) mass is 455 g/mol. The molecule has 1 aromatic heterocycles. The van der Waals surface area contributed by atoms with Gasteiger partial charge < -0.3 is 19.9 Å². The molecule has 0 aliphatic carbocycles. The summed E-state index contributed by atoms with van der Waals surface area (Å²) in [5, 5.41) is 4.87. The summed E-state index contributed by atoms with van der Waals surface area (Å²) >= 11 is 1.37. The van der Waals surface area contributed by atoms with E-state index >= 15 is 0 Å². The number of piperidine rings is 1. The highest BCUT2D eigenvalue weighted by Gasteiger charge is 2.37. The van der Waals surface area contributed by atoms with Crippen molar-refractivity contribution in [3.63, 3.8) is 0 Å². The van der Waals surface area contributed by atoms with Gasteiger partial charge in [0.25, 0.3) is 11.8 Å². The van der Waals surface area contributed by atoms with Crippen LogP contribution in [0.5, 0.6) is 5.75 Å². The SMILES string of the molecule is COc1ccccc1C(=O)N1CCC(C(NC(=O)c2cccs2)C(=O)N2CCCC2)CC1. The van der Waals surface area contributed by atoms with Crippen LogP contribution in [0.15, 0.2) is 41.8 Å². The molecular weight excluding hydrogens is 426 g/mol. The van der Waals surface area contributed by atoms with Gasteiger partial charge in [-0.2, -0.15) is 0 Å². The standard InChI is InChI=1S/C24H29N3O4S/c1-31-19-8-3-2-7-18(19)23(29)27-14-10-17(11-15-27)21(24(30)26-12-4-5-13-26)25-22(28)20-9-6-16-32-20/h2-3,6-9,16-17,21H,4-5,10-15H2,1H3,(H,25,28). The molecule has 0 bridgehead atoms. The Bertz CT molecular complexity index is 948. The zero-order chi connectivity index (χ0) is 22.5. The number of hydrogen-bond donors (Lipinski definition) is 1. The summed E-state index contributed by atoms with van der Waals surface area (Å²) < 4.78 is 5.34. The molecule has 7 nitrogen and oxygen atoms in total. The Hall–Kier alpha value is -2.87. The summed E-state index contributed by atoms with van der Waals surface area (Å²) in [6.45, 7) is 2.57. The van der Waals surface area contributed by atoms with E-state index in [0.717, 1.165) is 25.9 Å². The van der Waals surface area contributed by atoms with Crippen molar-refractivity contribution in [2.75, 3.05) is 33.3 Å². The predicted molar refractivity (Wildman–Crippen MR) is 123 cm³/mol. The van der Waals surface area contributed by atoms with E-state index < -0.39 is 6.04 Å². The second-order valence-electron chi connectivity index (χ2n) is 8.29. The first-order valence-corrected chi connectivity index (χ1v) is 12.0. The number of rotatable bonds is 6. The van der Waals surface area contributed by atoms with Gasteiger partial charge in [0.15, 0.2) is 0 Å². The highest BCUT2D eigenvalue weighted by molar-refractivity contribution is 7.12. The van der Waals surface area contributed by atoms with Gasteiger partial charge >= 0.3 is 0 Å². The van der Waals surface area contributed by atoms with Gasteiger partial charge in [-0.25, -0.2) is 0 Å². The molecule has 2 aliphatic heterocycles. The summed E-state index contributed by atoms with van der Waals surface area (Å²) in [6.07, 6.45) is 3.33. The second kappa shape index (κ2) is 10.2. The zero-order valence-electron chi connectivity index (χ0n) is 18.3. The van der Waals surface area contributed by atoms with Crippen LogP contribution >= 0.6 is 11.3 Å². The maximum atomic E-state index is 13.3. The van der Waals surface area contributed by atoms with Crippen molar-refractivity contribution in [3.8, 4) is 5.75 Å². The van der Waals surface area contributed by atoms with Crippen molar-refractivity contribution in [2.45, 2.75) is 31.7 Å². The van der Waals surface area contributed by atoms with Gasteiger partial charge in [-0.1, -0.05) is 18.2 Å². The summed E-state index contributed by atoms with van der Waals surface area (Å²) in [5.41, 5.74) is 0.546. The van der Waals surface area contributed by atoms with Crippen LogP contribution < -0.4 is 10.1 Å². The van der Waals surface area contributed by atoms with Crippen LogP contribution in [0, 0.1) is 5.92 Å². The molecule has 3 heterocycles. The average Bonchev–Trinajstić information content (AvgIpc) is 3.56. The first-order valence-electron chi connectivity index (χ1n) is 11.1. The molecule has 2 fully saturated rings. The minimum atomic E-state index is -0.564. The maximum absolute atomic E-state index is 13.3. The molecule has 8 heteroatoms. The fourth-order valence-electron chi connectivity index (χ4n) is 4.56. The molecule has 1 aromatic carbocycles. The lowest BCUT2D eigenvalue weighted by molar-refractivity contribution is -0.134. The van der Waals surface area contributed by atoms with E-state index in [-0.39, 0.29) is 23.6 Å². The van der Waals surface area contributed by atoms with Crippen molar-refractivity contribution in [3.05, 3.63) is 52.2 Å². The van der Waals surface area contributed by atoms with Crippen molar-refractivity contribution < 1.29 is 19.1 Å². The topological polar surface area (TPSA) is 79.0 Å². The molecule has 1 N–H and O–H groups in total. The molecule has 4 rings (SSSR count). The average molecular weight is 456 g/mol. The maximum Gasteiger partial charge on any atom is 0.262 e. The Morgan fingerprint density at radius 3 is 2.38 bits per heavy atom. The number of nitrogens with zero attached hydrogens (tertiary/aromatic N) is 2. The minimum Gasteiger partial charge on any atom is -0.496 e. The molecule has 2 aromatic rings. The molecule has 2 aliphatic rings. The lowest BCUT2D eigenvalue weighted by atomic mass is 9.88. The smallest absolute Gasteiger partial charge is 0.262 e. The summed E-state index contributed by atoms with van der Waals surface area (Å²) in [7, 11) is 1.56. The van der Waals surface area contributed by atoms with E-state index in [1.54, 1.807) is 25.3 Å². The predicted octanol–water partition coefficient (Wildman–Crippen LogP) is 3.03. The van der Waals surface area contributed by atoms with Crippen LogP contribution in [0.25, 0.3) is 0 Å². The molecule has 0 saturated carbocycles. The lowest BCUT2D eigenvalue weighted by Crippen LogP contribution is -2.54. The van der Waals surface area contributed by atoms with Gasteiger partial charge in [0.05, 0.1) is 17.6 Å². The Morgan fingerprint density at radius 1 is 1.00 bits per heavy atom. The van der Waals surface area contributed by atoms with E-state index in [1.807, 2.05) is 33.4 Å². The Morgan fingerprint density at radius 2 is 1.72 bits per heavy atom. The summed E-state index contributed by atoms with van der Waals surface area (Å²) in [4.78, 5) is 43.4. The molecule has 1 unspecified atom stereocenters. The fraction of sp³-hybridized carbons (Fsp3) is 0.458. The number of methoxy groups -OCH3 is 1. The Labute approximate surface area is 192 Å². The first kappa shape index (κ1) is 22.3. The number of thiophene rings is 1. The molecule has 0 radical (unpaired) electrons. The quantitative estimate of drug-likeness (QED) is 0.726. The Kier molecular flexibility index (Phi) is 7.09. The lowest BCUT2D eigenvalue weighted by Gasteiger charge is -2.37. The van der Waals surface area contributed by atoms with Crippen LogP contribution in [0.3, 0.4) is 0 Å². The third kappa shape index (κ3) is 4.80. The molecule has 2 saturated heterocycles. The van der Waals surface area contributed by atoms with Crippen LogP contribution in [0.4, 0.5) is 0 Å². The molecule has 0 spiro atoms. The summed E-state index contributed by atoms with van der Waals surface area (Å²) in [6, 6.07) is 10.3. The number of ether oxygens (including phenoxy) is 1. The zero-order valence-corrected chi connectivity index (χ0v) is 19.1. The number of amides is 3. The van der Waals surface area contributed by atoms with Crippen LogP contribution in [-0.2, 0) is 4.79 Å². The van der Waals surface area contributed by atoms with Gasteiger partial charge in [0, 0.05) is 26.2 Å². The molecular formula is C24H29N3O4S. The van der Waals surface area contributed by atoms with E-state index in [4.69, 9.17) is 4.74 Å². The normalized spacial score (nSPS) is 17.8. The fourth-order valence-corrected chi connectivity index (χ4v) is 5.19. The van der Waals surface area contributed by atoms with Gasteiger partial charge in [0.1, 0.15) is 11.8 Å². The van der Waals surface area contributed by atoms with Crippen LogP contribution in [-0.4, -0.2) is 66.9 Å². The van der Waals surface area contributed by atoms with Crippen LogP contribution in [0.1, 0.15) is 45.7 Å². The molecule has 3 amide bonds. The molecule has 32 heavy (non-hydrogen) atoms. The van der Waals surface area contributed by atoms with Crippen molar-refractivity contribution in [1.29, 1.82) is 0 Å². The number of carbonyl (C=O) groups is 3. The molecule has 1 atom stereocenters. The third-order valence-electron chi connectivity index (χ3n) is 6.35. The number of nitrogens with one attached hydrogen (secondary N) is 1. The number of carbonyl (C=O) groups excluding carboxylic acids is 3. The molecule has 170 valence electrons. The minimum absolute atomic E-state index is 0.00177. The number of likely N-dealkylation sites (tertiary alicyclic amines) is 2. The van der Waals surface area contributed by atoms with E-state index in [1.165, 1.54) is 11.3 Å². The Balaban J connectivity index is 1.45. The first-order chi connectivity index (χ1) is 15.6. The van der Waals surface area contributed by atoms with E-state index in [9.17, 15) is 14.4 Å². The van der Waals surface area contributed by atoms with Gasteiger partial charge in [0.2, 0.25) is 5.91 Å². The van der Waals surface area contributed by atoms with E-state index in [0.29, 0.717) is 42.1 Å². The van der Waals surface area contributed by atoms with Crippen molar-refractivity contribution in [1.82, 2.24) is 15.1 Å². The highest BCUT2D eigenvalue weighted by atomic mass is 32.1. The largest absolute Gasteiger partial charge is 0.496 e. The van der Waals surface area contributed by atoms with Gasteiger partial charge in [-0.05, 0) is 55.2 Å². The summed E-state index contributed by atoms with van der Waals surface area (Å²) in [5.74, 6) is 0.289. The number of para-hydroxylation sites is 1. The van der Waals surface area contributed by atoms with Crippen LogP contribution in [0.2, 0.25) is 0 Å². The second-order valence-corrected chi connectivity index (χ2v) is 9.24.